The summed E-state index contributed by atoms with van der Waals surface area (Å²) in [7, 11) is 0. The summed E-state index contributed by atoms with van der Waals surface area (Å²) in [6, 6.07) is 16.5. The van der Waals surface area contributed by atoms with Gasteiger partial charge in [0.05, 0.1) is 13.2 Å². The molecule has 6 heteroatoms. The molecule has 148 valence electrons. The Kier molecular flexibility index (Phi) is 5.59. The van der Waals surface area contributed by atoms with Crippen LogP contribution in [0.5, 0.6) is 0 Å². The molecular weight excluding hydrogens is 359 g/mol. The Morgan fingerprint density at radius 3 is 2.50 bits per heavy atom. The van der Waals surface area contributed by atoms with Gasteiger partial charge < -0.3 is 19.7 Å². The second-order valence-electron chi connectivity index (χ2n) is 7.45. The minimum Gasteiger partial charge on any atom is -0.441 e. The topological polar surface area (TPSA) is 50.8 Å². The van der Waals surface area contributed by atoms with Gasteiger partial charge in [-0.3, -0.25) is 0 Å². The fourth-order valence-electron chi connectivity index (χ4n) is 3.95. The quantitative estimate of drug-likeness (QED) is 0.828. The van der Waals surface area contributed by atoms with Crippen LogP contribution in [0.4, 0.5) is 9.18 Å². The van der Waals surface area contributed by atoms with E-state index < -0.39 is 6.10 Å². The number of hydrogen-bond donors (Lipinski definition) is 1. The highest BCUT2D eigenvalue weighted by Crippen LogP contribution is 2.30. The number of benzene rings is 2. The van der Waals surface area contributed by atoms with Crippen LogP contribution in [0.2, 0.25) is 0 Å². The monoisotopic (exact) mass is 384 g/mol. The van der Waals surface area contributed by atoms with Crippen molar-refractivity contribution in [3.05, 3.63) is 71.5 Å². The van der Waals surface area contributed by atoms with E-state index in [1.165, 1.54) is 6.07 Å². The number of alkyl carbamates (subject to hydrolysis) is 1. The van der Waals surface area contributed by atoms with E-state index in [1.54, 1.807) is 12.1 Å². The molecule has 2 aliphatic heterocycles. The molecule has 1 N–H and O–H groups in total. The molecule has 0 saturated carbocycles. The maximum Gasteiger partial charge on any atom is 0.407 e. The van der Waals surface area contributed by atoms with E-state index in [4.69, 9.17) is 9.47 Å². The molecule has 1 spiro atoms. The Bertz CT molecular complexity index is 806. The molecule has 5 nitrogen and oxygen atoms in total. The molecule has 28 heavy (non-hydrogen) atoms. The number of piperidine rings is 1. The predicted molar refractivity (Wildman–Crippen MR) is 104 cm³/mol. The zero-order valence-electron chi connectivity index (χ0n) is 15.8. The molecule has 0 radical (unpaired) electrons. The van der Waals surface area contributed by atoms with E-state index in [2.05, 4.69) is 10.2 Å². The molecule has 0 aromatic heterocycles. The number of nitrogens with one attached hydrogen (secondary N) is 1. The standard InChI is InChI=1S/C22H25FN2O3/c23-19-9-5-4-8-18(19)20(17-6-2-1-3-7-17)27-15-14-25-12-10-22(11-13-25)16-24-21(26)28-22/h1-9,20H,10-16H2,(H,24,26). The Morgan fingerprint density at radius 2 is 1.82 bits per heavy atom. The minimum atomic E-state index is -0.432. The van der Waals surface area contributed by atoms with Gasteiger partial charge in [0.1, 0.15) is 17.5 Å². The van der Waals surface area contributed by atoms with Crippen molar-refractivity contribution in [2.24, 2.45) is 0 Å². The van der Waals surface area contributed by atoms with Gasteiger partial charge in [0.15, 0.2) is 0 Å². The lowest BCUT2D eigenvalue weighted by Gasteiger charge is -2.37. The SMILES string of the molecule is O=C1NCC2(CCN(CCOC(c3ccccc3)c3ccccc3F)CC2)O1. The molecule has 0 bridgehead atoms. The van der Waals surface area contributed by atoms with Crippen molar-refractivity contribution in [2.75, 3.05) is 32.8 Å². The van der Waals surface area contributed by atoms with Crippen LogP contribution in [0.3, 0.4) is 0 Å². The van der Waals surface area contributed by atoms with Gasteiger partial charge in [-0.25, -0.2) is 9.18 Å². The smallest absolute Gasteiger partial charge is 0.407 e. The number of halogens is 1. The van der Waals surface area contributed by atoms with Gasteiger partial charge in [0, 0.05) is 38.0 Å². The van der Waals surface area contributed by atoms with Crippen molar-refractivity contribution in [3.8, 4) is 0 Å². The lowest BCUT2D eigenvalue weighted by atomic mass is 9.92. The highest BCUT2D eigenvalue weighted by molar-refractivity contribution is 5.70. The van der Waals surface area contributed by atoms with Crippen molar-refractivity contribution in [1.29, 1.82) is 0 Å². The molecule has 1 unspecified atom stereocenters. The number of hydrogen-bond acceptors (Lipinski definition) is 4. The minimum absolute atomic E-state index is 0.258. The van der Waals surface area contributed by atoms with E-state index in [0.29, 0.717) is 18.7 Å². The van der Waals surface area contributed by atoms with Crippen molar-refractivity contribution in [1.82, 2.24) is 10.2 Å². The van der Waals surface area contributed by atoms with Crippen LogP contribution in [0.15, 0.2) is 54.6 Å². The second-order valence-corrected chi connectivity index (χ2v) is 7.45. The summed E-state index contributed by atoms with van der Waals surface area (Å²) in [4.78, 5) is 13.7. The summed E-state index contributed by atoms with van der Waals surface area (Å²) in [6.07, 6.45) is 0.897. The van der Waals surface area contributed by atoms with Crippen LogP contribution in [0.1, 0.15) is 30.1 Å². The molecule has 2 aromatic rings. The molecular formula is C22H25FN2O3. The molecule has 2 aliphatic rings. The molecule has 4 rings (SSSR count). The highest BCUT2D eigenvalue weighted by Gasteiger charge is 2.42. The van der Waals surface area contributed by atoms with Gasteiger partial charge in [-0.1, -0.05) is 48.5 Å². The van der Waals surface area contributed by atoms with Gasteiger partial charge in [0.2, 0.25) is 0 Å². The van der Waals surface area contributed by atoms with Gasteiger partial charge in [0.25, 0.3) is 0 Å². The third-order valence-corrected chi connectivity index (χ3v) is 5.61. The first-order valence-electron chi connectivity index (χ1n) is 9.75. The van der Waals surface area contributed by atoms with Crippen LogP contribution < -0.4 is 5.32 Å². The fourth-order valence-corrected chi connectivity index (χ4v) is 3.95. The van der Waals surface area contributed by atoms with Crippen molar-refractivity contribution in [3.63, 3.8) is 0 Å². The van der Waals surface area contributed by atoms with Gasteiger partial charge in [-0.15, -0.1) is 0 Å². The largest absolute Gasteiger partial charge is 0.441 e. The second kappa shape index (κ2) is 8.29. The number of ether oxygens (including phenoxy) is 2. The third kappa shape index (κ3) is 4.18. The number of rotatable bonds is 6. The normalized spacial score (nSPS) is 20.0. The van der Waals surface area contributed by atoms with E-state index in [1.807, 2.05) is 36.4 Å². The predicted octanol–water partition coefficient (Wildman–Crippen LogP) is 3.51. The van der Waals surface area contributed by atoms with Crippen LogP contribution >= 0.6 is 0 Å². The van der Waals surface area contributed by atoms with Gasteiger partial charge >= 0.3 is 6.09 Å². The molecule has 1 amide bonds. The van der Waals surface area contributed by atoms with Gasteiger partial charge in [-0.05, 0) is 11.6 Å². The van der Waals surface area contributed by atoms with Crippen molar-refractivity contribution >= 4 is 6.09 Å². The van der Waals surface area contributed by atoms with Crippen LogP contribution in [-0.4, -0.2) is 49.4 Å². The summed E-state index contributed by atoms with van der Waals surface area (Å²) < 4.78 is 26.0. The maximum absolute atomic E-state index is 14.4. The molecule has 2 aromatic carbocycles. The Morgan fingerprint density at radius 1 is 1.11 bits per heavy atom. The lowest BCUT2D eigenvalue weighted by molar-refractivity contribution is -0.0107. The molecule has 1 atom stereocenters. The van der Waals surface area contributed by atoms with Crippen LogP contribution in [-0.2, 0) is 9.47 Å². The van der Waals surface area contributed by atoms with Crippen molar-refractivity contribution in [2.45, 2.75) is 24.5 Å². The first-order chi connectivity index (χ1) is 13.7. The summed E-state index contributed by atoms with van der Waals surface area (Å²) in [5, 5.41) is 2.75. The number of carbonyl (C=O) groups excluding carboxylic acids is 1. The van der Waals surface area contributed by atoms with E-state index in [9.17, 15) is 9.18 Å². The number of nitrogens with zero attached hydrogens (tertiary/aromatic N) is 1. The Labute approximate surface area is 164 Å². The number of carbonyl (C=O) groups is 1. The fraction of sp³-hybridized carbons (Fsp3) is 0.409. The van der Waals surface area contributed by atoms with E-state index >= 15 is 0 Å². The zero-order chi connectivity index (χ0) is 19.4. The molecule has 2 fully saturated rings. The number of amides is 1. The average Bonchev–Trinajstić information content (AvgIpc) is 3.08. The van der Waals surface area contributed by atoms with Gasteiger partial charge in [-0.2, -0.15) is 0 Å². The summed E-state index contributed by atoms with van der Waals surface area (Å²) in [6.45, 7) is 3.57. The Balaban J connectivity index is 1.35. The molecule has 0 aliphatic carbocycles. The third-order valence-electron chi connectivity index (χ3n) is 5.61. The lowest BCUT2D eigenvalue weighted by Crippen LogP contribution is -2.47. The first kappa shape index (κ1) is 18.9. The van der Waals surface area contributed by atoms with E-state index in [0.717, 1.165) is 38.0 Å². The summed E-state index contributed by atoms with van der Waals surface area (Å²) in [5.41, 5.74) is 1.15. The van der Waals surface area contributed by atoms with E-state index in [-0.39, 0.29) is 17.5 Å². The number of likely N-dealkylation sites (tertiary alicyclic amines) is 1. The first-order valence-corrected chi connectivity index (χ1v) is 9.75. The Hall–Kier alpha value is -2.44. The summed E-state index contributed by atoms with van der Waals surface area (Å²) in [5.74, 6) is -0.258. The van der Waals surface area contributed by atoms with Crippen LogP contribution in [0.25, 0.3) is 0 Å². The van der Waals surface area contributed by atoms with Crippen LogP contribution in [0, 0.1) is 5.82 Å². The van der Waals surface area contributed by atoms with Crippen molar-refractivity contribution < 1.29 is 18.7 Å². The highest BCUT2D eigenvalue weighted by atomic mass is 19.1. The molecule has 2 saturated heterocycles. The average molecular weight is 384 g/mol. The summed E-state index contributed by atoms with van der Waals surface area (Å²) >= 11 is 0. The zero-order valence-corrected chi connectivity index (χ0v) is 15.8. The maximum atomic E-state index is 14.4. The molecule has 2 heterocycles.